The lowest BCUT2D eigenvalue weighted by atomic mass is 10.1. The van der Waals surface area contributed by atoms with Crippen LogP contribution < -0.4 is 33.6 Å². The molecule has 16 heteroatoms. The lowest BCUT2D eigenvalue weighted by Crippen LogP contribution is -2.33. The van der Waals surface area contributed by atoms with Crippen molar-refractivity contribution in [1.82, 2.24) is 19.2 Å². The minimum atomic E-state index is -0.430. The average molecular weight is 691 g/mol. The van der Waals surface area contributed by atoms with E-state index in [9.17, 15) is 19.2 Å². The van der Waals surface area contributed by atoms with Gasteiger partial charge in [-0.15, -0.1) is 10.2 Å². The zero-order valence-electron chi connectivity index (χ0n) is 29.6. The first-order valence-electron chi connectivity index (χ1n) is 16.6. The van der Waals surface area contributed by atoms with Crippen LogP contribution in [0.25, 0.3) is 0 Å². The highest BCUT2D eigenvalue weighted by Gasteiger charge is 2.23. The normalized spacial score (nSPS) is 10.9. The maximum Gasteiger partial charge on any atom is 0.290 e. The molecule has 0 unspecified atom stereocenters. The molecule has 1 aromatic carbocycles. The topological polar surface area (TPSA) is 237 Å². The molecule has 0 saturated carbocycles. The van der Waals surface area contributed by atoms with Gasteiger partial charge in [-0.1, -0.05) is 27.7 Å². The Hall–Kier alpha value is -5.80. The molecule has 0 fully saturated rings. The molecule has 0 saturated heterocycles. The van der Waals surface area contributed by atoms with Gasteiger partial charge in [-0.05, 0) is 74.9 Å². The number of nitrogens with zero attached hydrogens (tertiary/aromatic N) is 6. The Morgan fingerprint density at radius 2 is 1.00 bits per heavy atom. The van der Waals surface area contributed by atoms with Crippen molar-refractivity contribution in [3.63, 3.8) is 0 Å². The smallest absolute Gasteiger partial charge is 0.290 e. The van der Waals surface area contributed by atoms with Crippen LogP contribution in [0.5, 0.6) is 0 Å². The second-order valence-corrected chi connectivity index (χ2v) is 12.6. The van der Waals surface area contributed by atoms with Gasteiger partial charge >= 0.3 is 0 Å². The first kappa shape index (κ1) is 38.6. The summed E-state index contributed by atoms with van der Waals surface area (Å²) in [5.74, 6) is -1.41. The summed E-state index contributed by atoms with van der Waals surface area (Å²) in [6.45, 7) is 13.4. The molecule has 16 nitrogen and oxygen atoms in total. The fourth-order valence-electron chi connectivity index (χ4n) is 4.92. The molecule has 4 amide bonds. The van der Waals surface area contributed by atoms with Crippen molar-refractivity contribution in [3.05, 3.63) is 71.3 Å². The molecule has 50 heavy (non-hydrogen) atoms. The summed E-state index contributed by atoms with van der Waals surface area (Å²) in [4.78, 5) is 53.0. The maximum atomic E-state index is 13.3. The molecule has 0 aliphatic carbocycles. The molecule has 270 valence electrons. The molecule has 2 heterocycles. The van der Waals surface area contributed by atoms with E-state index in [0.29, 0.717) is 58.8 Å². The summed E-state index contributed by atoms with van der Waals surface area (Å²) in [6, 6.07) is 9.27. The van der Waals surface area contributed by atoms with Crippen LogP contribution in [-0.4, -0.2) is 67.8 Å². The number of anilines is 2. The number of carbonyl (C=O) groups excluding carboxylic acids is 4. The highest BCUT2D eigenvalue weighted by molar-refractivity contribution is 6.08. The molecule has 0 aliphatic rings. The van der Waals surface area contributed by atoms with Gasteiger partial charge in [0, 0.05) is 49.7 Å². The van der Waals surface area contributed by atoms with Crippen LogP contribution in [0.15, 0.2) is 59.0 Å². The molecule has 3 rings (SSSR count). The van der Waals surface area contributed by atoms with E-state index in [1.807, 2.05) is 0 Å². The van der Waals surface area contributed by atoms with Crippen LogP contribution in [0, 0.1) is 11.8 Å². The number of aromatic nitrogens is 2. The van der Waals surface area contributed by atoms with Gasteiger partial charge in [0.15, 0.2) is 0 Å². The number of rotatable bonds is 16. The number of hydrogen-bond donors (Lipinski definition) is 6. The summed E-state index contributed by atoms with van der Waals surface area (Å²) < 4.78 is 3.54. The quantitative estimate of drug-likeness (QED) is 0.0739. The van der Waals surface area contributed by atoms with Crippen molar-refractivity contribution < 1.29 is 19.2 Å². The number of nitrogens with two attached hydrogens (primary N) is 4. The predicted molar refractivity (Wildman–Crippen MR) is 195 cm³/mol. The third-order valence-electron chi connectivity index (χ3n) is 7.59. The minimum Gasteiger partial charge on any atom is -0.369 e. The van der Waals surface area contributed by atoms with Gasteiger partial charge in [0.2, 0.25) is 11.9 Å². The number of hydrogen-bond acceptors (Lipinski definition) is 6. The van der Waals surface area contributed by atoms with Crippen molar-refractivity contribution in [3.8, 4) is 0 Å². The fraction of sp³-hybridized carbons (Fsp3) is 0.412. The van der Waals surface area contributed by atoms with Crippen molar-refractivity contribution in [2.45, 2.75) is 67.5 Å². The highest BCUT2D eigenvalue weighted by atomic mass is 16.2. The lowest BCUT2D eigenvalue weighted by molar-refractivity contribution is 0.0750. The van der Waals surface area contributed by atoms with Gasteiger partial charge in [0.05, 0.1) is 11.4 Å². The fourth-order valence-corrected chi connectivity index (χ4v) is 4.92. The Balaban J connectivity index is 1.78. The van der Waals surface area contributed by atoms with Crippen LogP contribution in [0.3, 0.4) is 0 Å². The lowest BCUT2D eigenvalue weighted by Gasteiger charge is -2.17. The summed E-state index contributed by atoms with van der Waals surface area (Å²) in [6.07, 6.45) is 5.00. The van der Waals surface area contributed by atoms with Gasteiger partial charge in [-0.2, -0.15) is 0 Å². The van der Waals surface area contributed by atoms with Crippen molar-refractivity contribution >= 4 is 46.9 Å². The number of hydrazone groups is 2. The van der Waals surface area contributed by atoms with E-state index in [4.69, 9.17) is 22.9 Å². The Bertz CT molecular complexity index is 1590. The average Bonchev–Trinajstić information content (AvgIpc) is 3.66. The number of benzene rings is 1. The molecule has 0 bridgehead atoms. The maximum absolute atomic E-state index is 13.3. The Kier molecular flexibility index (Phi) is 13.6. The highest BCUT2D eigenvalue weighted by Crippen LogP contribution is 2.21. The van der Waals surface area contributed by atoms with E-state index in [1.165, 1.54) is 24.3 Å². The van der Waals surface area contributed by atoms with Gasteiger partial charge in [0.25, 0.3) is 23.6 Å². The van der Waals surface area contributed by atoms with Crippen molar-refractivity contribution in [2.24, 2.45) is 45.0 Å². The summed E-state index contributed by atoms with van der Waals surface area (Å²) in [5.41, 5.74) is 24.1. The third-order valence-corrected chi connectivity index (χ3v) is 7.59. The molecule has 0 spiro atoms. The van der Waals surface area contributed by atoms with Crippen LogP contribution in [0.1, 0.15) is 96.1 Å². The molecule has 0 atom stereocenters. The standard InChI is InChI=1S/C34H50N12O4/c1-7-45(41-33(35)36)31(49)27-17-25(19-43(27)15-13-21(3)4)39-29(47)23-9-11-24(12-10-23)30(48)40-26-18-28(44(20-26)16-14-22(5)6)32(50)46(8-2)42-34(37)38/h9-12,17-22H,7-8,13-16H2,1-6H3,(H,39,47)(H,40,48)(H4,35,36,41)(H4,37,38,42). The van der Waals surface area contributed by atoms with E-state index in [0.717, 1.165) is 22.9 Å². The number of carbonyl (C=O) groups is 4. The number of nitrogens with one attached hydrogen (secondary N) is 2. The van der Waals surface area contributed by atoms with Gasteiger partial charge in [0.1, 0.15) is 11.4 Å². The largest absolute Gasteiger partial charge is 0.369 e. The van der Waals surface area contributed by atoms with Crippen LogP contribution in [0.2, 0.25) is 0 Å². The van der Waals surface area contributed by atoms with E-state index in [2.05, 4.69) is 48.5 Å². The van der Waals surface area contributed by atoms with Crippen LogP contribution in [-0.2, 0) is 13.1 Å². The Morgan fingerprint density at radius 1 is 0.660 bits per heavy atom. The monoisotopic (exact) mass is 690 g/mol. The van der Waals surface area contributed by atoms with Gasteiger partial charge in [-0.25, -0.2) is 10.0 Å². The predicted octanol–water partition coefficient (Wildman–Crippen LogP) is 3.19. The number of aryl methyl sites for hydroxylation is 2. The molecule has 10 N–H and O–H groups in total. The van der Waals surface area contributed by atoms with Crippen molar-refractivity contribution in [2.75, 3.05) is 23.7 Å². The zero-order valence-corrected chi connectivity index (χ0v) is 29.6. The SMILES string of the molecule is CCN(N=C(N)N)C(=O)c1cc(NC(=O)c2ccc(C(=O)Nc3cc(C(=O)N(CC)N=C(N)N)n(CCC(C)C)c3)cc2)cn1CCC(C)C. The van der Waals surface area contributed by atoms with E-state index in [1.54, 1.807) is 47.5 Å². The molecule has 0 aliphatic heterocycles. The number of guanidine groups is 2. The van der Waals surface area contributed by atoms with Crippen molar-refractivity contribution in [1.29, 1.82) is 0 Å². The van der Waals surface area contributed by atoms with Gasteiger partial charge < -0.3 is 42.7 Å². The van der Waals surface area contributed by atoms with E-state index >= 15 is 0 Å². The molecule has 3 aromatic rings. The first-order valence-corrected chi connectivity index (χ1v) is 16.6. The Labute approximate surface area is 292 Å². The molecule has 0 radical (unpaired) electrons. The Morgan fingerprint density at radius 3 is 1.28 bits per heavy atom. The molecular weight excluding hydrogens is 640 g/mol. The van der Waals surface area contributed by atoms with E-state index < -0.39 is 23.6 Å². The summed E-state index contributed by atoms with van der Waals surface area (Å²) in [5, 5.41) is 15.8. The molecular formula is C34H50N12O4. The van der Waals surface area contributed by atoms with Crippen LogP contribution >= 0.6 is 0 Å². The summed E-state index contributed by atoms with van der Waals surface area (Å²) in [7, 11) is 0. The molecule has 2 aromatic heterocycles. The minimum absolute atomic E-state index is 0.242. The summed E-state index contributed by atoms with van der Waals surface area (Å²) >= 11 is 0. The number of amides is 4. The second-order valence-electron chi connectivity index (χ2n) is 12.6. The first-order chi connectivity index (χ1) is 23.6. The van der Waals surface area contributed by atoms with Gasteiger partial charge in [-0.3, -0.25) is 19.2 Å². The van der Waals surface area contributed by atoms with Crippen LogP contribution in [0.4, 0.5) is 11.4 Å². The van der Waals surface area contributed by atoms with E-state index in [-0.39, 0.29) is 25.0 Å². The third kappa shape index (κ3) is 10.6. The second kappa shape index (κ2) is 17.6. The zero-order chi connectivity index (χ0) is 37.1.